The summed E-state index contributed by atoms with van der Waals surface area (Å²) in [4.78, 5) is 31.8. The molecule has 2 aromatic carbocycles. The molecular weight excluding hydrogens is 468 g/mol. The lowest BCUT2D eigenvalue weighted by Gasteiger charge is -2.24. The molecule has 0 saturated heterocycles. The summed E-state index contributed by atoms with van der Waals surface area (Å²) >= 11 is 1.27. The van der Waals surface area contributed by atoms with Gasteiger partial charge in [0, 0.05) is 0 Å². The van der Waals surface area contributed by atoms with Crippen LogP contribution in [0.3, 0.4) is 0 Å². The molecule has 0 radical (unpaired) electrons. The van der Waals surface area contributed by atoms with Crippen molar-refractivity contribution in [2.75, 3.05) is 20.5 Å². The molecule has 8 nitrogen and oxygen atoms in total. The Morgan fingerprint density at radius 3 is 2.77 bits per heavy atom. The molecule has 0 unspecified atom stereocenters. The largest absolute Gasteiger partial charge is 0.496 e. The number of aryl methyl sites for hydroxylation is 1. The lowest BCUT2D eigenvalue weighted by molar-refractivity contribution is -0.139. The van der Waals surface area contributed by atoms with Crippen LogP contribution in [0.25, 0.3) is 6.08 Å². The smallest absolute Gasteiger partial charge is 0.338 e. The summed E-state index contributed by atoms with van der Waals surface area (Å²) in [5.74, 6) is 1.42. The molecule has 35 heavy (non-hydrogen) atoms. The zero-order chi connectivity index (χ0) is 24.7. The van der Waals surface area contributed by atoms with Gasteiger partial charge in [-0.05, 0) is 61.7 Å². The van der Waals surface area contributed by atoms with E-state index < -0.39 is 12.0 Å². The number of carbonyl (C=O) groups is 1. The SMILES string of the molecule is CCOC(=O)C1=C(C)N=c2s/c(=C/c3ccc(C)c(OC)c3)c(=O)n2[C@@H]1c1ccc2c(c1)OCO2. The Morgan fingerprint density at radius 1 is 1.20 bits per heavy atom. The van der Waals surface area contributed by atoms with Gasteiger partial charge in [-0.25, -0.2) is 9.79 Å². The molecule has 0 bridgehead atoms. The molecule has 1 aromatic heterocycles. The summed E-state index contributed by atoms with van der Waals surface area (Å²) in [5, 5.41) is 0. The number of hydrogen-bond acceptors (Lipinski definition) is 8. The number of thiazole rings is 1. The van der Waals surface area contributed by atoms with Crippen molar-refractivity contribution in [3.63, 3.8) is 0 Å². The maximum atomic E-state index is 13.7. The molecule has 2 aliphatic rings. The summed E-state index contributed by atoms with van der Waals surface area (Å²) in [6.07, 6.45) is 1.81. The van der Waals surface area contributed by atoms with Crippen LogP contribution in [0.2, 0.25) is 0 Å². The van der Waals surface area contributed by atoms with E-state index in [9.17, 15) is 9.59 Å². The van der Waals surface area contributed by atoms with Crippen molar-refractivity contribution in [3.8, 4) is 17.2 Å². The summed E-state index contributed by atoms with van der Waals surface area (Å²) in [5.41, 5.74) is 3.13. The summed E-state index contributed by atoms with van der Waals surface area (Å²) in [7, 11) is 1.62. The summed E-state index contributed by atoms with van der Waals surface area (Å²) in [6.45, 7) is 5.80. The highest BCUT2D eigenvalue weighted by Crippen LogP contribution is 2.38. The quantitative estimate of drug-likeness (QED) is 0.509. The zero-order valence-corrected chi connectivity index (χ0v) is 20.6. The number of rotatable bonds is 5. The number of hydrogen-bond donors (Lipinski definition) is 0. The number of methoxy groups -OCH3 is 1. The fourth-order valence-electron chi connectivity index (χ4n) is 4.27. The Labute approximate surface area is 205 Å². The van der Waals surface area contributed by atoms with E-state index in [4.69, 9.17) is 18.9 Å². The van der Waals surface area contributed by atoms with Crippen LogP contribution in [0.4, 0.5) is 0 Å². The van der Waals surface area contributed by atoms with Crippen molar-refractivity contribution in [1.82, 2.24) is 4.57 Å². The van der Waals surface area contributed by atoms with Gasteiger partial charge in [0.2, 0.25) is 6.79 Å². The normalized spacial score (nSPS) is 16.7. The van der Waals surface area contributed by atoms with E-state index in [1.165, 1.54) is 11.3 Å². The molecule has 0 aliphatic carbocycles. The highest BCUT2D eigenvalue weighted by atomic mass is 32.1. The Kier molecular flexibility index (Phi) is 5.94. The molecule has 0 N–H and O–H groups in total. The molecule has 180 valence electrons. The minimum Gasteiger partial charge on any atom is -0.496 e. The van der Waals surface area contributed by atoms with Crippen molar-refractivity contribution in [2.24, 2.45) is 4.99 Å². The number of carbonyl (C=O) groups excluding carboxylic acids is 1. The third-order valence-corrected chi connectivity index (χ3v) is 6.94. The third kappa shape index (κ3) is 4.01. The average molecular weight is 493 g/mol. The van der Waals surface area contributed by atoms with E-state index in [2.05, 4.69) is 4.99 Å². The number of nitrogens with zero attached hydrogens (tertiary/aromatic N) is 2. The Hall–Kier alpha value is -3.85. The molecule has 3 heterocycles. The second kappa shape index (κ2) is 9.07. The van der Waals surface area contributed by atoms with Crippen LogP contribution in [-0.4, -0.2) is 31.0 Å². The number of benzene rings is 2. The predicted octanol–water partition coefficient (Wildman–Crippen LogP) is 2.84. The van der Waals surface area contributed by atoms with E-state index in [0.29, 0.717) is 37.7 Å². The van der Waals surface area contributed by atoms with E-state index in [1.54, 1.807) is 37.7 Å². The predicted molar refractivity (Wildman–Crippen MR) is 131 cm³/mol. The van der Waals surface area contributed by atoms with Crippen LogP contribution < -0.4 is 29.1 Å². The lowest BCUT2D eigenvalue weighted by Crippen LogP contribution is -2.39. The molecule has 0 spiro atoms. The standard InChI is InChI=1S/C26H24N2O6S/c1-5-32-25(30)22-15(3)27-26-28(23(22)17-8-9-18-20(12-17)34-13-33-18)24(29)21(35-26)11-16-7-6-14(2)19(10-16)31-4/h6-12,23H,5,13H2,1-4H3/b21-11+/t23-/m1/s1. The maximum absolute atomic E-state index is 13.7. The highest BCUT2D eigenvalue weighted by Gasteiger charge is 2.34. The maximum Gasteiger partial charge on any atom is 0.338 e. The lowest BCUT2D eigenvalue weighted by atomic mass is 9.95. The first kappa shape index (κ1) is 22.9. The van der Waals surface area contributed by atoms with Crippen LogP contribution in [0.15, 0.2) is 57.5 Å². The van der Waals surface area contributed by atoms with Gasteiger partial charge >= 0.3 is 5.97 Å². The van der Waals surface area contributed by atoms with Crippen LogP contribution in [0.5, 0.6) is 17.2 Å². The first-order valence-electron chi connectivity index (χ1n) is 11.1. The Bertz CT molecular complexity index is 1550. The number of aromatic nitrogens is 1. The number of ether oxygens (including phenoxy) is 4. The van der Waals surface area contributed by atoms with Gasteiger partial charge in [-0.15, -0.1) is 0 Å². The molecule has 0 saturated carbocycles. The molecule has 9 heteroatoms. The van der Waals surface area contributed by atoms with E-state index >= 15 is 0 Å². The van der Waals surface area contributed by atoms with Crippen LogP contribution >= 0.6 is 11.3 Å². The van der Waals surface area contributed by atoms with Gasteiger partial charge in [0.15, 0.2) is 16.3 Å². The fourth-order valence-corrected chi connectivity index (χ4v) is 5.31. The van der Waals surface area contributed by atoms with Crippen molar-refractivity contribution in [3.05, 3.63) is 84.0 Å². The van der Waals surface area contributed by atoms with Crippen LogP contribution in [-0.2, 0) is 9.53 Å². The van der Waals surface area contributed by atoms with Gasteiger partial charge in [0.05, 0.1) is 35.6 Å². The van der Waals surface area contributed by atoms with Gasteiger partial charge in [0.1, 0.15) is 5.75 Å². The zero-order valence-electron chi connectivity index (χ0n) is 19.8. The first-order chi connectivity index (χ1) is 16.9. The summed E-state index contributed by atoms with van der Waals surface area (Å²) < 4.78 is 23.8. The topological polar surface area (TPSA) is 88.4 Å². The first-order valence-corrected chi connectivity index (χ1v) is 12.0. The van der Waals surface area contributed by atoms with Gasteiger partial charge in [-0.3, -0.25) is 9.36 Å². The van der Waals surface area contributed by atoms with E-state index in [-0.39, 0.29) is 19.0 Å². The second-order valence-corrected chi connectivity index (χ2v) is 9.15. The van der Waals surface area contributed by atoms with Gasteiger partial charge in [-0.1, -0.05) is 29.5 Å². The van der Waals surface area contributed by atoms with Crippen molar-refractivity contribution in [2.45, 2.75) is 26.8 Å². The molecule has 1 atom stereocenters. The van der Waals surface area contributed by atoms with Gasteiger partial charge in [0.25, 0.3) is 5.56 Å². The van der Waals surface area contributed by atoms with Crippen molar-refractivity contribution < 1.29 is 23.7 Å². The Balaban J connectivity index is 1.71. The van der Waals surface area contributed by atoms with E-state index in [0.717, 1.165) is 16.9 Å². The molecule has 5 rings (SSSR count). The molecule has 3 aromatic rings. The Morgan fingerprint density at radius 2 is 2.00 bits per heavy atom. The van der Waals surface area contributed by atoms with Gasteiger partial charge in [-0.2, -0.15) is 0 Å². The monoisotopic (exact) mass is 492 g/mol. The van der Waals surface area contributed by atoms with Crippen molar-refractivity contribution in [1.29, 1.82) is 0 Å². The number of esters is 1. The van der Waals surface area contributed by atoms with Gasteiger partial charge < -0.3 is 18.9 Å². The average Bonchev–Trinajstić information content (AvgIpc) is 3.43. The highest BCUT2D eigenvalue weighted by molar-refractivity contribution is 7.07. The van der Waals surface area contributed by atoms with Crippen LogP contribution in [0, 0.1) is 6.92 Å². The molecule has 0 fully saturated rings. The number of fused-ring (bicyclic) bond motifs is 2. The minimum absolute atomic E-state index is 0.126. The third-order valence-electron chi connectivity index (χ3n) is 5.96. The second-order valence-electron chi connectivity index (χ2n) is 8.14. The van der Waals surface area contributed by atoms with Crippen molar-refractivity contribution >= 4 is 23.4 Å². The van der Waals surface area contributed by atoms with E-state index in [1.807, 2.05) is 37.3 Å². The summed E-state index contributed by atoms with van der Waals surface area (Å²) in [6, 6.07) is 10.5. The molecule has 2 aliphatic heterocycles. The minimum atomic E-state index is -0.713. The fraction of sp³-hybridized carbons (Fsp3) is 0.269. The number of allylic oxidation sites excluding steroid dienone is 1. The molecule has 0 amide bonds. The molecular formula is C26H24N2O6S. The van der Waals surface area contributed by atoms with Crippen LogP contribution in [0.1, 0.15) is 36.6 Å².